The largest absolute Gasteiger partial charge is 0.446 e. The number of benzene rings is 2. The van der Waals surface area contributed by atoms with Crippen molar-refractivity contribution >= 4 is 24.2 Å². The van der Waals surface area contributed by atoms with Gasteiger partial charge in [0.2, 0.25) is 0 Å². The molecule has 0 aliphatic rings. The lowest BCUT2D eigenvalue weighted by Crippen LogP contribution is -2.18. The summed E-state index contributed by atoms with van der Waals surface area (Å²) in [6.07, 6.45) is 6.31. The van der Waals surface area contributed by atoms with Gasteiger partial charge in [-0.25, -0.2) is 10.9 Å². The van der Waals surface area contributed by atoms with Crippen LogP contribution in [0.4, 0.5) is 0 Å². The summed E-state index contributed by atoms with van der Waals surface area (Å²) >= 11 is 0. The molecule has 0 atom stereocenters. The molecule has 158 valence electrons. The van der Waals surface area contributed by atoms with Crippen molar-refractivity contribution in [3.8, 4) is 0 Å². The van der Waals surface area contributed by atoms with Crippen molar-refractivity contribution in [2.24, 2.45) is 10.2 Å². The van der Waals surface area contributed by atoms with E-state index in [1.54, 1.807) is 12.4 Å². The fourth-order valence-corrected chi connectivity index (χ4v) is 2.78. The predicted molar refractivity (Wildman–Crippen MR) is 120 cm³/mol. The van der Waals surface area contributed by atoms with E-state index in [2.05, 4.69) is 21.1 Å². The smallest absolute Gasteiger partial charge is 0.307 e. The Morgan fingerprint density at radius 1 is 0.677 bits per heavy atom. The molecule has 0 aliphatic carbocycles. The zero-order valence-corrected chi connectivity index (χ0v) is 17.0. The lowest BCUT2D eigenvalue weighted by Gasteiger charge is -1.98. The molecule has 2 N–H and O–H groups in total. The second kappa shape index (κ2) is 11.9. The minimum absolute atomic E-state index is 0.00147. The van der Waals surface area contributed by atoms with Crippen LogP contribution in [0.2, 0.25) is 0 Å². The molecule has 1 aromatic heterocycles. The number of nitrogens with one attached hydrogen (secondary N) is 2. The molecular formula is C24H24N4O3. The van der Waals surface area contributed by atoms with Crippen molar-refractivity contribution < 1.29 is 14.0 Å². The van der Waals surface area contributed by atoms with Gasteiger partial charge in [-0.3, -0.25) is 9.59 Å². The van der Waals surface area contributed by atoms with Gasteiger partial charge in [0.1, 0.15) is 0 Å². The van der Waals surface area contributed by atoms with E-state index in [1.165, 1.54) is 23.3 Å². The van der Waals surface area contributed by atoms with E-state index >= 15 is 0 Å². The molecule has 0 spiro atoms. The number of carbonyl (C=O) groups excluding carboxylic acids is 2. The van der Waals surface area contributed by atoms with Gasteiger partial charge >= 0.3 is 11.8 Å². The maximum atomic E-state index is 12.1. The summed E-state index contributed by atoms with van der Waals surface area (Å²) in [5.74, 6) is -1.06. The van der Waals surface area contributed by atoms with Crippen LogP contribution in [0, 0.1) is 0 Å². The van der Waals surface area contributed by atoms with Crippen molar-refractivity contribution in [1.29, 1.82) is 0 Å². The number of amides is 2. The summed E-state index contributed by atoms with van der Waals surface area (Å²) in [4.78, 5) is 24.1. The Kier molecular flexibility index (Phi) is 8.31. The van der Waals surface area contributed by atoms with Crippen LogP contribution in [-0.4, -0.2) is 24.2 Å². The third-order valence-corrected chi connectivity index (χ3v) is 4.38. The van der Waals surface area contributed by atoms with Crippen LogP contribution in [0.15, 0.2) is 87.4 Å². The Labute approximate surface area is 180 Å². The molecule has 31 heavy (non-hydrogen) atoms. The standard InChI is InChI=1S/C24H24N4O3/c29-23(27-25-17-7-13-19-9-3-1-4-10-19)21-15-16-22(31-21)24(30)28-26-18-8-14-20-11-5-2-6-12-20/h1-6,9-12,15-18H,7-8,13-14H2,(H,27,29)(H,28,30)/b25-17-,26-18-. The molecule has 0 unspecified atom stereocenters. The second-order valence-corrected chi connectivity index (χ2v) is 6.72. The molecule has 3 aromatic rings. The SMILES string of the molecule is O=C(N/N=C\CCc1ccccc1)c1ccc(C(=O)N/N=C\CCc2ccccc2)o1. The van der Waals surface area contributed by atoms with Crippen LogP contribution in [0.25, 0.3) is 0 Å². The molecule has 0 saturated carbocycles. The summed E-state index contributed by atoms with van der Waals surface area (Å²) in [6.45, 7) is 0. The van der Waals surface area contributed by atoms with Crippen molar-refractivity contribution in [3.05, 3.63) is 95.4 Å². The van der Waals surface area contributed by atoms with Crippen LogP contribution in [-0.2, 0) is 12.8 Å². The molecule has 0 saturated heterocycles. The van der Waals surface area contributed by atoms with E-state index in [4.69, 9.17) is 4.42 Å². The minimum Gasteiger partial charge on any atom is -0.446 e. The van der Waals surface area contributed by atoms with Gasteiger partial charge in [0, 0.05) is 12.4 Å². The zero-order chi connectivity index (χ0) is 21.7. The van der Waals surface area contributed by atoms with E-state index in [1.807, 2.05) is 60.7 Å². The number of carbonyl (C=O) groups is 2. The van der Waals surface area contributed by atoms with Crippen LogP contribution in [0.3, 0.4) is 0 Å². The Morgan fingerprint density at radius 3 is 1.52 bits per heavy atom. The van der Waals surface area contributed by atoms with Crippen LogP contribution in [0.1, 0.15) is 45.1 Å². The number of hydrogen-bond donors (Lipinski definition) is 2. The Morgan fingerprint density at radius 2 is 1.10 bits per heavy atom. The molecule has 2 aromatic carbocycles. The number of furan rings is 1. The second-order valence-electron chi connectivity index (χ2n) is 6.72. The topological polar surface area (TPSA) is 96.1 Å². The van der Waals surface area contributed by atoms with Gasteiger partial charge in [-0.05, 0) is 48.9 Å². The van der Waals surface area contributed by atoms with Crippen molar-refractivity contribution in [3.63, 3.8) is 0 Å². The van der Waals surface area contributed by atoms with E-state index in [-0.39, 0.29) is 11.5 Å². The number of aryl methyl sites for hydroxylation is 2. The first-order valence-corrected chi connectivity index (χ1v) is 10.0. The molecule has 1 heterocycles. The van der Waals surface area contributed by atoms with Gasteiger partial charge in [0.25, 0.3) is 0 Å². The highest BCUT2D eigenvalue weighted by Gasteiger charge is 2.14. The summed E-state index contributed by atoms with van der Waals surface area (Å²) in [5.41, 5.74) is 7.17. The highest BCUT2D eigenvalue weighted by atomic mass is 16.4. The molecule has 3 rings (SSSR count). The lowest BCUT2D eigenvalue weighted by atomic mass is 10.1. The number of hydrazone groups is 2. The highest BCUT2D eigenvalue weighted by Crippen LogP contribution is 2.08. The molecule has 0 fully saturated rings. The first-order chi connectivity index (χ1) is 15.2. The van der Waals surface area contributed by atoms with Gasteiger partial charge in [0.05, 0.1) is 0 Å². The van der Waals surface area contributed by atoms with Gasteiger partial charge in [-0.1, -0.05) is 60.7 Å². The maximum absolute atomic E-state index is 12.1. The van der Waals surface area contributed by atoms with E-state index in [0.29, 0.717) is 12.8 Å². The molecule has 0 aliphatic heterocycles. The van der Waals surface area contributed by atoms with Gasteiger partial charge < -0.3 is 4.42 Å². The van der Waals surface area contributed by atoms with E-state index < -0.39 is 11.8 Å². The maximum Gasteiger partial charge on any atom is 0.307 e. The molecule has 2 amide bonds. The van der Waals surface area contributed by atoms with Gasteiger partial charge in [0.15, 0.2) is 11.5 Å². The number of hydrogen-bond acceptors (Lipinski definition) is 5. The Hall–Kier alpha value is -4.00. The van der Waals surface area contributed by atoms with Crippen LogP contribution in [0.5, 0.6) is 0 Å². The van der Waals surface area contributed by atoms with E-state index in [9.17, 15) is 9.59 Å². The molecule has 0 radical (unpaired) electrons. The summed E-state index contributed by atoms with van der Waals surface area (Å²) in [7, 11) is 0. The third kappa shape index (κ3) is 7.40. The molecule has 7 nitrogen and oxygen atoms in total. The summed E-state index contributed by atoms with van der Waals surface area (Å²) < 4.78 is 5.29. The van der Waals surface area contributed by atoms with Gasteiger partial charge in [-0.15, -0.1) is 0 Å². The quantitative estimate of drug-likeness (QED) is 0.387. The average molecular weight is 416 g/mol. The summed E-state index contributed by atoms with van der Waals surface area (Å²) in [5, 5.41) is 7.81. The highest BCUT2D eigenvalue weighted by molar-refractivity contribution is 5.95. The van der Waals surface area contributed by atoms with Gasteiger partial charge in [-0.2, -0.15) is 10.2 Å². The molecule has 0 bridgehead atoms. The predicted octanol–water partition coefficient (Wildman–Crippen LogP) is 3.98. The first-order valence-electron chi connectivity index (χ1n) is 10.0. The molecular weight excluding hydrogens is 392 g/mol. The van der Waals surface area contributed by atoms with Crippen molar-refractivity contribution in [2.75, 3.05) is 0 Å². The Bertz CT molecular complexity index is 945. The fraction of sp³-hybridized carbons (Fsp3) is 0.167. The average Bonchev–Trinajstić information content (AvgIpc) is 3.30. The van der Waals surface area contributed by atoms with Crippen molar-refractivity contribution in [2.45, 2.75) is 25.7 Å². The Balaban J connectivity index is 1.38. The zero-order valence-electron chi connectivity index (χ0n) is 17.0. The fourth-order valence-electron chi connectivity index (χ4n) is 2.78. The monoisotopic (exact) mass is 416 g/mol. The third-order valence-electron chi connectivity index (χ3n) is 4.38. The number of rotatable bonds is 10. The van der Waals surface area contributed by atoms with E-state index in [0.717, 1.165) is 12.8 Å². The van der Waals surface area contributed by atoms with Crippen LogP contribution >= 0.6 is 0 Å². The first kappa shape index (κ1) is 21.7. The minimum atomic E-state index is -0.527. The summed E-state index contributed by atoms with van der Waals surface area (Å²) in [6, 6.07) is 22.8. The lowest BCUT2D eigenvalue weighted by molar-refractivity contribution is 0.0902. The number of nitrogens with zero attached hydrogens (tertiary/aromatic N) is 2. The van der Waals surface area contributed by atoms with Crippen LogP contribution < -0.4 is 10.9 Å². The van der Waals surface area contributed by atoms with Crippen molar-refractivity contribution in [1.82, 2.24) is 10.9 Å². The normalized spacial score (nSPS) is 11.1. The molecule has 7 heteroatoms.